The van der Waals surface area contributed by atoms with Gasteiger partial charge in [0.05, 0.1) is 17.1 Å². The molecule has 2 amide bonds. The molecular weight excluding hydrogens is 380 g/mol. The van der Waals surface area contributed by atoms with E-state index in [9.17, 15) is 9.59 Å². The Labute approximate surface area is 174 Å². The molecule has 154 valence electrons. The molecule has 0 saturated carbocycles. The van der Waals surface area contributed by atoms with E-state index in [0.717, 1.165) is 47.4 Å². The van der Waals surface area contributed by atoms with Gasteiger partial charge >= 0.3 is 0 Å². The average molecular weight is 404 g/mol. The summed E-state index contributed by atoms with van der Waals surface area (Å²) in [6.45, 7) is 3.08. The van der Waals surface area contributed by atoms with Crippen molar-refractivity contribution in [2.24, 2.45) is 0 Å². The maximum atomic E-state index is 12.0. The van der Waals surface area contributed by atoms with Crippen molar-refractivity contribution >= 4 is 28.9 Å². The van der Waals surface area contributed by atoms with E-state index in [0.29, 0.717) is 6.54 Å². The van der Waals surface area contributed by atoms with Gasteiger partial charge in [-0.15, -0.1) is 0 Å². The number of hydrogen-bond donors (Lipinski definition) is 2. The standard InChI is InChI=1S/C23H24N4O3/c1-16(28)26-13-5-8-19(15-26)27-21-10-3-2-9-20(21)24-23(27)18-7-4-6-17(14-18)11-12-22(29)25-30/h2-4,6-7,9-12,14,19,30H,5,8,13,15H2,1H3,(H,25,29). The Balaban J connectivity index is 1.78. The normalized spacial score (nSPS) is 16.9. The zero-order valence-corrected chi connectivity index (χ0v) is 16.8. The third kappa shape index (κ3) is 3.97. The number of imidazole rings is 1. The minimum atomic E-state index is -0.584. The van der Waals surface area contributed by atoms with Crippen LogP contribution in [0.5, 0.6) is 0 Å². The van der Waals surface area contributed by atoms with Crippen molar-refractivity contribution in [3.8, 4) is 11.4 Å². The number of nitrogens with one attached hydrogen (secondary N) is 1. The summed E-state index contributed by atoms with van der Waals surface area (Å²) in [6.07, 6.45) is 4.84. The van der Waals surface area contributed by atoms with Crippen LogP contribution in [0.15, 0.2) is 54.6 Å². The fourth-order valence-corrected chi connectivity index (χ4v) is 4.06. The number of rotatable bonds is 4. The topological polar surface area (TPSA) is 87.5 Å². The number of nitrogens with zero attached hydrogens (tertiary/aromatic N) is 3. The van der Waals surface area contributed by atoms with Gasteiger partial charge in [0.15, 0.2) is 0 Å². The Bertz CT molecular complexity index is 1120. The number of fused-ring (bicyclic) bond motifs is 1. The van der Waals surface area contributed by atoms with E-state index in [4.69, 9.17) is 10.2 Å². The number of likely N-dealkylation sites (tertiary alicyclic amines) is 1. The minimum absolute atomic E-state index is 0.0972. The molecule has 0 bridgehead atoms. The lowest BCUT2D eigenvalue weighted by Gasteiger charge is -2.34. The second kappa shape index (κ2) is 8.51. The maximum Gasteiger partial charge on any atom is 0.267 e. The van der Waals surface area contributed by atoms with E-state index in [1.165, 1.54) is 6.08 Å². The monoisotopic (exact) mass is 404 g/mol. The summed E-state index contributed by atoms with van der Waals surface area (Å²) in [5.41, 5.74) is 5.30. The van der Waals surface area contributed by atoms with E-state index in [2.05, 4.69) is 10.6 Å². The van der Waals surface area contributed by atoms with Crippen LogP contribution in [0.1, 0.15) is 31.4 Å². The molecule has 4 rings (SSSR count). The largest absolute Gasteiger partial charge is 0.341 e. The van der Waals surface area contributed by atoms with Gasteiger partial charge in [0.25, 0.3) is 5.91 Å². The molecule has 2 N–H and O–H groups in total. The van der Waals surface area contributed by atoms with Gasteiger partial charge in [0, 0.05) is 31.7 Å². The molecule has 1 fully saturated rings. The molecule has 1 aliphatic heterocycles. The highest BCUT2D eigenvalue weighted by molar-refractivity contribution is 5.91. The van der Waals surface area contributed by atoms with Crippen LogP contribution in [0.4, 0.5) is 0 Å². The fraction of sp³-hybridized carbons (Fsp3) is 0.261. The number of para-hydroxylation sites is 2. The number of piperidine rings is 1. The Morgan fingerprint density at radius 3 is 2.83 bits per heavy atom. The molecule has 3 aromatic rings. The summed E-state index contributed by atoms with van der Waals surface area (Å²) in [6, 6.07) is 15.9. The maximum absolute atomic E-state index is 12.0. The third-order valence-electron chi connectivity index (χ3n) is 5.48. The first-order valence-corrected chi connectivity index (χ1v) is 10.0. The van der Waals surface area contributed by atoms with Gasteiger partial charge in [0.1, 0.15) is 5.82 Å². The van der Waals surface area contributed by atoms with E-state index in [1.54, 1.807) is 18.5 Å². The predicted molar refractivity (Wildman–Crippen MR) is 115 cm³/mol. The molecule has 1 atom stereocenters. The minimum Gasteiger partial charge on any atom is -0.341 e. The van der Waals surface area contributed by atoms with E-state index in [1.807, 2.05) is 47.4 Å². The highest BCUT2D eigenvalue weighted by Crippen LogP contribution is 2.33. The smallest absolute Gasteiger partial charge is 0.267 e. The van der Waals surface area contributed by atoms with Gasteiger partial charge in [-0.05, 0) is 42.7 Å². The van der Waals surface area contributed by atoms with Crippen molar-refractivity contribution in [1.82, 2.24) is 19.9 Å². The van der Waals surface area contributed by atoms with E-state index >= 15 is 0 Å². The van der Waals surface area contributed by atoms with Crippen molar-refractivity contribution < 1.29 is 14.8 Å². The lowest BCUT2D eigenvalue weighted by atomic mass is 10.0. The number of benzene rings is 2. The highest BCUT2D eigenvalue weighted by Gasteiger charge is 2.26. The van der Waals surface area contributed by atoms with Gasteiger partial charge in [-0.2, -0.15) is 0 Å². The van der Waals surface area contributed by atoms with Gasteiger partial charge in [-0.3, -0.25) is 14.8 Å². The number of hydrogen-bond acceptors (Lipinski definition) is 4. The third-order valence-corrected chi connectivity index (χ3v) is 5.48. The van der Waals surface area contributed by atoms with Crippen LogP contribution in [-0.2, 0) is 9.59 Å². The van der Waals surface area contributed by atoms with Crippen LogP contribution < -0.4 is 5.48 Å². The van der Waals surface area contributed by atoms with E-state index in [-0.39, 0.29) is 11.9 Å². The number of carbonyl (C=O) groups is 2. The SMILES string of the molecule is CC(=O)N1CCCC(n2c(-c3cccc(C=CC(=O)NO)c3)nc3ccccc32)C1. The van der Waals surface area contributed by atoms with Crippen molar-refractivity contribution in [2.45, 2.75) is 25.8 Å². The van der Waals surface area contributed by atoms with Crippen LogP contribution in [0.3, 0.4) is 0 Å². The van der Waals surface area contributed by atoms with Crippen LogP contribution >= 0.6 is 0 Å². The van der Waals surface area contributed by atoms with Gasteiger partial charge in [-0.25, -0.2) is 10.5 Å². The van der Waals surface area contributed by atoms with Crippen LogP contribution in [-0.4, -0.2) is 44.6 Å². The summed E-state index contributed by atoms with van der Waals surface area (Å²) in [7, 11) is 0. The molecule has 0 radical (unpaired) electrons. The summed E-state index contributed by atoms with van der Waals surface area (Å²) in [5.74, 6) is 0.354. The molecule has 7 nitrogen and oxygen atoms in total. The van der Waals surface area contributed by atoms with Gasteiger partial charge in [0.2, 0.25) is 5.91 Å². The first-order chi connectivity index (χ1) is 14.6. The van der Waals surface area contributed by atoms with E-state index < -0.39 is 5.91 Å². The molecule has 1 saturated heterocycles. The highest BCUT2D eigenvalue weighted by atomic mass is 16.5. The number of aromatic nitrogens is 2. The number of amides is 2. The van der Waals surface area contributed by atoms with Crippen LogP contribution in [0.2, 0.25) is 0 Å². The second-order valence-electron chi connectivity index (χ2n) is 7.49. The molecule has 1 unspecified atom stereocenters. The summed E-state index contributed by atoms with van der Waals surface area (Å²) in [4.78, 5) is 30.1. The zero-order chi connectivity index (χ0) is 21.1. The zero-order valence-electron chi connectivity index (χ0n) is 16.8. The second-order valence-corrected chi connectivity index (χ2v) is 7.49. The van der Waals surface area contributed by atoms with Crippen LogP contribution in [0.25, 0.3) is 28.5 Å². The van der Waals surface area contributed by atoms with Crippen molar-refractivity contribution in [3.05, 3.63) is 60.2 Å². The Morgan fingerprint density at radius 1 is 1.20 bits per heavy atom. The first-order valence-electron chi connectivity index (χ1n) is 10.0. The number of carbonyl (C=O) groups excluding carboxylic acids is 2. The summed E-state index contributed by atoms with van der Waals surface area (Å²) in [5, 5.41) is 8.67. The molecule has 1 aliphatic rings. The van der Waals surface area contributed by atoms with Gasteiger partial charge < -0.3 is 9.47 Å². The molecule has 0 spiro atoms. The quantitative estimate of drug-likeness (QED) is 0.396. The summed E-state index contributed by atoms with van der Waals surface area (Å²) >= 11 is 0. The number of hydroxylamine groups is 1. The molecule has 2 aromatic carbocycles. The Hall–Kier alpha value is -3.45. The molecule has 2 heterocycles. The molecule has 0 aliphatic carbocycles. The van der Waals surface area contributed by atoms with Crippen LogP contribution in [0, 0.1) is 0 Å². The van der Waals surface area contributed by atoms with Crippen molar-refractivity contribution in [3.63, 3.8) is 0 Å². The molecular formula is C23H24N4O3. The predicted octanol–water partition coefficient (Wildman–Crippen LogP) is 3.41. The fourth-order valence-electron chi connectivity index (χ4n) is 4.06. The Kier molecular flexibility index (Phi) is 5.63. The molecule has 1 aromatic heterocycles. The van der Waals surface area contributed by atoms with Crippen molar-refractivity contribution in [2.75, 3.05) is 13.1 Å². The first kappa shape index (κ1) is 19.8. The van der Waals surface area contributed by atoms with Crippen molar-refractivity contribution in [1.29, 1.82) is 0 Å². The molecule has 30 heavy (non-hydrogen) atoms. The summed E-state index contributed by atoms with van der Waals surface area (Å²) < 4.78 is 2.24. The lowest BCUT2D eigenvalue weighted by Crippen LogP contribution is -2.39. The lowest BCUT2D eigenvalue weighted by molar-refractivity contribution is -0.130. The average Bonchev–Trinajstić information content (AvgIpc) is 3.17. The molecule has 7 heteroatoms. The van der Waals surface area contributed by atoms with Gasteiger partial charge in [-0.1, -0.05) is 30.3 Å². The Morgan fingerprint density at radius 2 is 2.03 bits per heavy atom.